The third-order valence-corrected chi connectivity index (χ3v) is 8.39. The number of carbonyl (C=O) groups is 4. The van der Waals surface area contributed by atoms with E-state index >= 15 is 0 Å². The zero-order chi connectivity index (χ0) is 39.2. The minimum atomic E-state index is -1.15. The molecule has 0 saturated carbocycles. The summed E-state index contributed by atoms with van der Waals surface area (Å²) >= 11 is 0. The van der Waals surface area contributed by atoms with E-state index in [1.165, 1.54) is 17.0 Å². The van der Waals surface area contributed by atoms with Gasteiger partial charge in [-0.15, -0.1) is 0 Å². The number of esters is 1. The van der Waals surface area contributed by atoms with E-state index in [0.29, 0.717) is 17.5 Å². The summed E-state index contributed by atoms with van der Waals surface area (Å²) < 4.78 is 11.3. The summed E-state index contributed by atoms with van der Waals surface area (Å²) in [6, 6.07) is 19.8. The van der Waals surface area contributed by atoms with Gasteiger partial charge in [0.2, 0.25) is 11.8 Å². The number of alkyl carbamates (subject to hydrolysis) is 1. The molecule has 3 rings (SSSR count). The number of benzene rings is 3. The predicted octanol–water partition coefficient (Wildman–Crippen LogP) is 7.75. The van der Waals surface area contributed by atoms with E-state index < -0.39 is 53.2 Å². The van der Waals surface area contributed by atoms with Crippen molar-refractivity contribution in [3.8, 4) is 5.75 Å². The van der Waals surface area contributed by atoms with Crippen molar-refractivity contribution in [1.29, 1.82) is 0 Å². The molecule has 10 nitrogen and oxygen atoms in total. The number of carbonyl (C=O) groups excluding carboxylic acids is 4. The normalized spacial score (nSPS) is 13.3. The Morgan fingerprint density at radius 1 is 0.698 bits per heavy atom. The molecule has 3 unspecified atom stereocenters. The molecular weight excluding hydrogens is 670 g/mol. The lowest BCUT2D eigenvalue weighted by Crippen LogP contribution is -2.55. The fourth-order valence-corrected chi connectivity index (χ4v) is 5.86. The van der Waals surface area contributed by atoms with Crippen LogP contribution >= 0.6 is 0 Å². The highest BCUT2D eigenvalue weighted by Gasteiger charge is 2.38. The Kier molecular flexibility index (Phi) is 15.9. The van der Waals surface area contributed by atoms with Gasteiger partial charge in [0.1, 0.15) is 35.1 Å². The number of aromatic hydroxyl groups is 1. The maximum Gasteiger partial charge on any atom is 0.408 e. The molecule has 3 aromatic rings. The van der Waals surface area contributed by atoms with Gasteiger partial charge in [0.25, 0.3) is 0 Å². The number of phenolic OH excluding ortho intramolecular Hbond substituents is 1. The van der Waals surface area contributed by atoms with Crippen molar-refractivity contribution < 1.29 is 33.8 Å². The maximum absolute atomic E-state index is 15.0. The molecule has 0 radical (unpaired) electrons. The molecule has 0 saturated heterocycles. The topological polar surface area (TPSA) is 134 Å². The van der Waals surface area contributed by atoms with Crippen molar-refractivity contribution in [1.82, 2.24) is 15.5 Å². The summed E-state index contributed by atoms with van der Waals surface area (Å²) in [5.41, 5.74) is 1.41. The molecule has 3 amide bonds. The first-order valence-electron chi connectivity index (χ1n) is 18.7. The lowest BCUT2D eigenvalue weighted by molar-refractivity contribution is -0.159. The van der Waals surface area contributed by atoms with Crippen molar-refractivity contribution >= 4 is 23.9 Å². The van der Waals surface area contributed by atoms with Crippen LogP contribution in [0.4, 0.5) is 4.79 Å². The molecule has 3 N–H and O–H groups in total. The second-order valence-electron chi connectivity index (χ2n) is 15.6. The molecule has 0 heterocycles. The summed E-state index contributed by atoms with van der Waals surface area (Å²) in [6.45, 7) is 14.8. The highest BCUT2D eigenvalue weighted by atomic mass is 16.6. The van der Waals surface area contributed by atoms with E-state index in [2.05, 4.69) is 17.6 Å². The molecule has 0 fully saturated rings. The van der Waals surface area contributed by atoms with E-state index in [9.17, 15) is 24.3 Å². The first-order valence-corrected chi connectivity index (χ1v) is 18.7. The Morgan fingerprint density at radius 2 is 1.26 bits per heavy atom. The first-order chi connectivity index (χ1) is 25.0. The molecule has 3 aromatic carbocycles. The fourth-order valence-electron chi connectivity index (χ4n) is 5.86. The van der Waals surface area contributed by atoms with Gasteiger partial charge in [0.15, 0.2) is 0 Å². The number of unbranched alkanes of at least 4 members (excludes halogenated alkanes) is 4. The number of aryl methyl sites for hydroxylation is 1. The molecule has 0 bridgehead atoms. The third-order valence-electron chi connectivity index (χ3n) is 8.39. The Bertz CT molecular complexity index is 1610. The third kappa shape index (κ3) is 15.0. The van der Waals surface area contributed by atoms with Gasteiger partial charge in [-0.3, -0.25) is 9.59 Å². The number of hydrogen-bond donors (Lipinski definition) is 3. The molecular formula is C43H59N3O7. The van der Waals surface area contributed by atoms with Gasteiger partial charge in [-0.25, -0.2) is 9.59 Å². The lowest BCUT2D eigenvalue weighted by Gasteiger charge is -2.35. The van der Waals surface area contributed by atoms with Crippen LogP contribution < -0.4 is 10.6 Å². The Labute approximate surface area is 315 Å². The zero-order valence-corrected chi connectivity index (χ0v) is 32.7. The van der Waals surface area contributed by atoms with Gasteiger partial charge in [0.05, 0.1) is 0 Å². The van der Waals surface area contributed by atoms with Crippen LogP contribution in [-0.2, 0) is 36.7 Å². The van der Waals surface area contributed by atoms with E-state index in [4.69, 9.17) is 9.47 Å². The highest BCUT2D eigenvalue weighted by Crippen LogP contribution is 2.26. The smallest absolute Gasteiger partial charge is 0.408 e. The number of nitrogens with zero attached hydrogens (tertiary/aromatic N) is 1. The van der Waals surface area contributed by atoms with Crippen LogP contribution in [-0.4, -0.2) is 63.7 Å². The molecule has 53 heavy (non-hydrogen) atoms. The average Bonchev–Trinajstić information content (AvgIpc) is 3.07. The maximum atomic E-state index is 15.0. The number of ether oxygens (including phenoxy) is 2. The summed E-state index contributed by atoms with van der Waals surface area (Å²) in [5.74, 6) is -1.57. The summed E-state index contributed by atoms with van der Waals surface area (Å²) in [5, 5.41) is 15.7. The van der Waals surface area contributed by atoms with Crippen molar-refractivity contribution in [2.24, 2.45) is 0 Å². The van der Waals surface area contributed by atoms with Crippen molar-refractivity contribution in [2.45, 2.75) is 130 Å². The zero-order valence-electron chi connectivity index (χ0n) is 32.7. The van der Waals surface area contributed by atoms with E-state index in [0.717, 1.165) is 36.8 Å². The van der Waals surface area contributed by atoms with Gasteiger partial charge >= 0.3 is 12.1 Å². The molecule has 10 heteroatoms. The fraction of sp³-hybridized carbons (Fsp3) is 0.488. The monoisotopic (exact) mass is 729 g/mol. The predicted molar refractivity (Wildman–Crippen MR) is 207 cm³/mol. The van der Waals surface area contributed by atoms with Crippen LogP contribution in [0, 0.1) is 6.92 Å². The molecule has 3 atom stereocenters. The molecule has 0 aliphatic heterocycles. The number of amides is 3. The summed E-state index contributed by atoms with van der Waals surface area (Å²) in [7, 11) is 0. The van der Waals surface area contributed by atoms with Crippen LogP contribution in [0.3, 0.4) is 0 Å². The van der Waals surface area contributed by atoms with Crippen LogP contribution in [0.5, 0.6) is 5.75 Å². The Balaban J connectivity index is 2.12. The van der Waals surface area contributed by atoms with Crippen LogP contribution in [0.15, 0.2) is 78.9 Å². The minimum Gasteiger partial charge on any atom is -0.508 e. The number of hydrogen-bond acceptors (Lipinski definition) is 7. The number of nitrogens with one attached hydrogen (secondary N) is 2. The van der Waals surface area contributed by atoms with Gasteiger partial charge in [0, 0.05) is 19.4 Å². The molecule has 0 spiro atoms. The number of phenols is 1. The average molecular weight is 730 g/mol. The quantitative estimate of drug-likeness (QED) is 0.0956. The first kappa shape index (κ1) is 42.6. The number of rotatable bonds is 17. The van der Waals surface area contributed by atoms with E-state index in [-0.39, 0.29) is 25.1 Å². The second-order valence-corrected chi connectivity index (χ2v) is 15.6. The van der Waals surface area contributed by atoms with E-state index in [1.807, 2.05) is 61.5 Å². The standard InChI is InChI=1S/C43H59N3O7/c1-9-10-11-12-16-27-46(39(49)35(45-41(51)53-43(6,7)8)28-32-21-25-34(47)26-22-32)37(33-23-19-30(2)20-24-33)38(48)44-36(40(50)52-42(3,4)5)29-31-17-14-13-15-18-31/h13-15,17-26,35-37,47H,9-12,16,27-29H2,1-8H3,(H,44,48)(H,45,51). The van der Waals surface area contributed by atoms with Crippen LogP contribution in [0.25, 0.3) is 0 Å². The SMILES string of the molecule is CCCCCCCN(C(=O)C(Cc1ccc(O)cc1)NC(=O)OC(C)(C)C)C(C(=O)NC(Cc1ccccc1)C(=O)OC(C)(C)C)c1ccc(C)cc1. The van der Waals surface area contributed by atoms with Gasteiger partial charge in [-0.1, -0.05) is 105 Å². The largest absolute Gasteiger partial charge is 0.508 e. The van der Waals surface area contributed by atoms with Gasteiger partial charge in [-0.05, 0) is 83.7 Å². The molecule has 0 aliphatic carbocycles. The van der Waals surface area contributed by atoms with Crippen LogP contribution in [0.2, 0.25) is 0 Å². The van der Waals surface area contributed by atoms with Gasteiger partial charge in [-0.2, -0.15) is 0 Å². The second kappa shape index (κ2) is 19.8. The van der Waals surface area contributed by atoms with Crippen LogP contribution in [0.1, 0.15) is 109 Å². The lowest BCUT2D eigenvalue weighted by atomic mass is 9.98. The van der Waals surface area contributed by atoms with Crippen molar-refractivity contribution in [3.63, 3.8) is 0 Å². The summed E-state index contributed by atoms with van der Waals surface area (Å²) in [6.07, 6.45) is 3.95. The van der Waals surface area contributed by atoms with Crippen molar-refractivity contribution in [3.05, 3.63) is 101 Å². The van der Waals surface area contributed by atoms with Gasteiger partial charge < -0.3 is 30.1 Å². The Morgan fingerprint density at radius 3 is 1.85 bits per heavy atom. The summed E-state index contributed by atoms with van der Waals surface area (Å²) in [4.78, 5) is 58.1. The molecule has 0 aromatic heterocycles. The highest BCUT2D eigenvalue weighted by molar-refractivity contribution is 5.94. The van der Waals surface area contributed by atoms with Crippen molar-refractivity contribution in [2.75, 3.05) is 6.54 Å². The minimum absolute atomic E-state index is 0.0663. The molecule has 0 aliphatic rings. The Hall–Kier alpha value is -4.86. The van der Waals surface area contributed by atoms with E-state index in [1.54, 1.807) is 53.7 Å². The molecule has 288 valence electrons.